The Balaban J connectivity index is 1.74. The molecule has 0 aliphatic heterocycles. The number of rotatable bonds is 4. The zero-order valence-corrected chi connectivity index (χ0v) is 15.8. The number of pyridine rings is 1. The van der Waals surface area contributed by atoms with Crippen LogP contribution >= 0.6 is 22.9 Å². The van der Waals surface area contributed by atoms with Crippen LogP contribution < -0.4 is 5.32 Å². The first-order chi connectivity index (χ1) is 11.9. The van der Waals surface area contributed by atoms with Gasteiger partial charge >= 0.3 is 0 Å². The van der Waals surface area contributed by atoms with Gasteiger partial charge in [0.15, 0.2) is 0 Å². The number of hydrogen-bond donors (Lipinski definition) is 1. The molecule has 0 aliphatic rings. The lowest BCUT2D eigenvalue weighted by Crippen LogP contribution is -2.17. The highest BCUT2D eigenvalue weighted by Gasteiger charge is 2.13. The fourth-order valence-corrected chi connectivity index (χ4v) is 3.85. The number of nitrogens with zero attached hydrogens (tertiary/aromatic N) is 2. The summed E-state index contributed by atoms with van der Waals surface area (Å²) in [6, 6.07) is 9.52. The third kappa shape index (κ3) is 4.06. The summed E-state index contributed by atoms with van der Waals surface area (Å²) in [6.45, 7) is 5.81. The van der Waals surface area contributed by atoms with Crippen LogP contribution in [0.25, 0.3) is 10.6 Å². The molecule has 4 nitrogen and oxygen atoms in total. The molecule has 0 fully saturated rings. The van der Waals surface area contributed by atoms with Crippen molar-refractivity contribution in [1.29, 1.82) is 0 Å². The Labute approximate surface area is 155 Å². The van der Waals surface area contributed by atoms with Crippen molar-refractivity contribution in [3.63, 3.8) is 0 Å². The number of nitrogens with one attached hydrogen (secondary N) is 1. The molecule has 0 saturated carbocycles. The van der Waals surface area contributed by atoms with Crippen LogP contribution in [-0.4, -0.2) is 15.9 Å². The van der Waals surface area contributed by atoms with Crippen LogP contribution in [0.2, 0.25) is 5.02 Å². The third-order valence-electron chi connectivity index (χ3n) is 3.79. The van der Waals surface area contributed by atoms with Gasteiger partial charge in [-0.2, -0.15) is 0 Å². The molecule has 0 spiro atoms. The van der Waals surface area contributed by atoms with E-state index in [2.05, 4.69) is 15.3 Å². The quantitative estimate of drug-likeness (QED) is 0.704. The van der Waals surface area contributed by atoms with E-state index in [-0.39, 0.29) is 12.3 Å². The predicted octanol–water partition coefficient (Wildman–Crippen LogP) is 4.96. The zero-order chi connectivity index (χ0) is 18.0. The number of aromatic nitrogens is 2. The standard InChI is InChI=1S/C19H18ClN3OS/c1-11-8-12(2)21-13(3)18(11)23-17(24)9-14-10-25-19(22-14)15-6-4-5-7-16(15)20/h4-8,10H,9H2,1-3H3,(H,23,24). The second-order valence-corrected chi connectivity index (χ2v) is 7.16. The Morgan fingerprint density at radius 1 is 1.20 bits per heavy atom. The van der Waals surface area contributed by atoms with E-state index in [9.17, 15) is 4.79 Å². The molecule has 2 aromatic heterocycles. The maximum Gasteiger partial charge on any atom is 0.230 e. The van der Waals surface area contributed by atoms with Crippen molar-refractivity contribution in [2.45, 2.75) is 27.2 Å². The molecule has 3 aromatic rings. The van der Waals surface area contributed by atoms with Gasteiger partial charge in [-0.25, -0.2) is 4.98 Å². The minimum atomic E-state index is -0.104. The van der Waals surface area contributed by atoms with Gasteiger partial charge in [-0.15, -0.1) is 11.3 Å². The summed E-state index contributed by atoms with van der Waals surface area (Å²) in [5, 5.41) is 6.32. The summed E-state index contributed by atoms with van der Waals surface area (Å²) in [6.07, 6.45) is 0.216. The molecule has 6 heteroatoms. The molecule has 2 heterocycles. The topological polar surface area (TPSA) is 54.9 Å². The molecule has 1 aromatic carbocycles. The average Bonchev–Trinajstić information content (AvgIpc) is 2.99. The maximum absolute atomic E-state index is 12.4. The number of anilines is 1. The number of benzene rings is 1. The molecule has 0 atom stereocenters. The van der Waals surface area contributed by atoms with Crippen molar-refractivity contribution < 1.29 is 4.79 Å². The minimum Gasteiger partial charge on any atom is -0.324 e. The van der Waals surface area contributed by atoms with Crippen molar-refractivity contribution in [2.75, 3.05) is 5.32 Å². The van der Waals surface area contributed by atoms with E-state index in [4.69, 9.17) is 11.6 Å². The fraction of sp³-hybridized carbons (Fsp3) is 0.211. The molecule has 0 unspecified atom stereocenters. The molecule has 1 amide bonds. The Kier molecular flexibility index (Phi) is 5.16. The largest absolute Gasteiger partial charge is 0.324 e. The number of carbonyl (C=O) groups excluding carboxylic acids is 1. The lowest BCUT2D eigenvalue weighted by Gasteiger charge is -2.11. The van der Waals surface area contributed by atoms with Crippen LogP contribution in [0.1, 0.15) is 22.6 Å². The van der Waals surface area contributed by atoms with Gasteiger partial charge in [0, 0.05) is 16.6 Å². The van der Waals surface area contributed by atoms with Crippen molar-refractivity contribution in [3.05, 3.63) is 63.4 Å². The van der Waals surface area contributed by atoms with E-state index in [1.807, 2.05) is 56.5 Å². The van der Waals surface area contributed by atoms with Gasteiger partial charge < -0.3 is 5.32 Å². The van der Waals surface area contributed by atoms with Gasteiger partial charge in [0.25, 0.3) is 0 Å². The summed E-state index contributed by atoms with van der Waals surface area (Å²) < 4.78 is 0. The monoisotopic (exact) mass is 371 g/mol. The van der Waals surface area contributed by atoms with E-state index in [0.29, 0.717) is 5.02 Å². The SMILES string of the molecule is Cc1cc(C)c(NC(=O)Cc2csc(-c3ccccc3Cl)n2)c(C)n1. The highest BCUT2D eigenvalue weighted by Crippen LogP contribution is 2.30. The molecule has 0 bridgehead atoms. The van der Waals surface area contributed by atoms with Gasteiger partial charge in [-0.3, -0.25) is 9.78 Å². The van der Waals surface area contributed by atoms with E-state index < -0.39 is 0 Å². The number of amides is 1. The van der Waals surface area contributed by atoms with Gasteiger partial charge in [0.05, 0.1) is 28.5 Å². The zero-order valence-electron chi connectivity index (χ0n) is 14.3. The van der Waals surface area contributed by atoms with E-state index in [1.165, 1.54) is 11.3 Å². The van der Waals surface area contributed by atoms with E-state index in [0.717, 1.165) is 38.9 Å². The van der Waals surface area contributed by atoms with Crippen LogP contribution in [0, 0.1) is 20.8 Å². The van der Waals surface area contributed by atoms with Crippen LogP contribution in [0.5, 0.6) is 0 Å². The summed E-state index contributed by atoms with van der Waals surface area (Å²) in [5.41, 5.74) is 5.16. The van der Waals surface area contributed by atoms with Gasteiger partial charge in [0.1, 0.15) is 5.01 Å². The summed E-state index contributed by atoms with van der Waals surface area (Å²) in [5.74, 6) is -0.104. The first-order valence-electron chi connectivity index (χ1n) is 7.88. The Bertz CT molecular complexity index is 913. The van der Waals surface area contributed by atoms with Crippen LogP contribution in [0.3, 0.4) is 0 Å². The summed E-state index contributed by atoms with van der Waals surface area (Å²) in [7, 11) is 0. The molecule has 1 N–H and O–H groups in total. The van der Waals surface area contributed by atoms with Crippen molar-refractivity contribution in [2.24, 2.45) is 0 Å². The van der Waals surface area contributed by atoms with E-state index in [1.54, 1.807) is 0 Å². The van der Waals surface area contributed by atoms with E-state index >= 15 is 0 Å². The molecule has 25 heavy (non-hydrogen) atoms. The first kappa shape index (κ1) is 17.6. The number of aryl methyl sites for hydroxylation is 3. The normalized spacial score (nSPS) is 10.7. The smallest absolute Gasteiger partial charge is 0.230 e. The number of hydrogen-bond acceptors (Lipinski definition) is 4. The fourth-order valence-electron chi connectivity index (χ4n) is 2.71. The third-order valence-corrected chi connectivity index (χ3v) is 5.04. The molecule has 128 valence electrons. The van der Waals surface area contributed by atoms with Crippen LogP contribution in [0.15, 0.2) is 35.7 Å². The Morgan fingerprint density at radius 3 is 2.68 bits per heavy atom. The van der Waals surface area contributed by atoms with Crippen LogP contribution in [-0.2, 0) is 11.2 Å². The number of thiazole rings is 1. The van der Waals surface area contributed by atoms with Crippen molar-refractivity contribution in [3.8, 4) is 10.6 Å². The number of halogens is 1. The Morgan fingerprint density at radius 2 is 1.96 bits per heavy atom. The molecule has 0 aliphatic carbocycles. The molecule has 3 rings (SSSR count). The second-order valence-electron chi connectivity index (χ2n) is 5.89. The second kappa shape index (κ2) is 7.33. The summed E-state index contributed by atoms with van der Waals surface area (Å²) >= 11 is 7.69. The highest BCUT2D eigenvalue weighted by molar-refractivity contribution is 7.13. The number of carbonyl (C=O) groups is 1. The summed E-state index contributed by atoms with van der Waals surface area (Å²) in [4.78, 5) is 21.3. The predicted molar refractivity (Wildman–Crippen MR) is 103 cm³/mol. The van der Waals surface area contributed by atoms with Gasteiger partial charge in [-0.1, -0.05) is 29.8 Å². The minimum absolute atomic E-state index is 0.104. The van der Waals surface area contributed by atoms with Gasteiger partial charge in [-0.05, 0) is 38.5 Å². The molecular weight excluding hydrogens is 354 g/mol. The molecule has 0 radical (unpaired) electrons. The van der Waals surface area contributed by atoms with Crippen LogP contribution in [0.4, 0.5) is 5.69 Å². The van der Waals surface area contributed by atoms with Crippen molar-refractivity contribution in [1.82, 2.24) is 9.97 Å². The first-order valence-corrected chi connectivity index (χ1v) is 9.14. The van der Waals surface area contributed by atoms with Gasteiger partial charge in [0.2, 0.25) is 5.91 Å². The van der Waals surface area contributed by atoms with Crippen molar-refractivity contribution >= 4 is 34.5 Å². The molecular formula is C19H18ClN3OS. The average molecular weight is 372 g/mol. The highest BCUT2D eigenvalue weighted by atomic mass is 35.5. The molecule has 0 saturated heterocycles. The maximum atomic E-state index is 12.4. The Hall–Kier alpha value is -2.24. The lowest BCUT2D eigenvalue weighted by atomic mass is 10.1. The lowest BCUT2D eigenvalue weighted by molar-refractivity contribution is -0.115.